The highest BCUT2D eigenvalue weighted by atomic mass is 19.1. The average Bonchev–Trinajstić information content (AvgIpc) is 3.32. The largest absolute Gasteiger partial charge is 0.392 e. The monoisotopic (exact) mass is 443 g/mol. The smallest absolute Gasteiger partial charge is 0.237 e. The lowest BCUT2D eigenvalue weighted by Gasteiger charge is -2.36. The Morgan fingerprint density at radius 3 is 2.50 bits per heavy atom. The van der Waals surface area contributed by atoms with Crippen molar-refractivity contribution < 1.29 is 23.1 Å². The minimum Gasteiger partial charge on any atom is -0.392 e. The predicted molar refractivity (Wildman–Crippen MR) is 114 cm³/mol. The number of fused-ring (bicyclic) bond motifs is 1. The summed E-state index contributed by atoms with van der Waals surface area (Å²) in [6, 6.07) is 7.75. The van der Waals surface area contributed by atoms with Gasteiger partial charge in [0.15, 0.2) is 0 Å². The Kier molecular flexibility index (Phi) is 5.43. The van der Waals surface area contributed by atoms with E-state index in [9.17, 15) is 23.1 Å². The molecule has 1 amide bonds. The van der Waals surface area contributed by atoms with E-state index in [1.165, 1.54) is 18.2 Å². The van der Waals surface area contributed by atoms with E-state index in [0.29, 0.717) is 36.2 Å². The van der Waals surface area contributed by atoms with Crippen LogP contribution in [0.25, 0.3) is 22.2 Å². The summed E-state index contributed by atoms with van der Waals surface area (Å²) in [4.78, 5) is 15.3. The van der Waals surface area contributed by atoms with Crippen molar-refractivity contribution in [2.24, 2.45) is 5.92 Å². The van der Waals surface area contributed by atoms with Crippen LogP contribution in [0.5, 0.6) is 0 Å². The van der Waals surface area contributed by atoms with Gasteiger partial charge in [0.2, 0.25) is 5.91 Å². The maximum Gasteiger partial charge on any atom is 0.237 e. The number of benzene rings is 2. The van der Waals surface area contributed by atoms with Crippen LogP contribution in [0.2, 0.25) is 0 Å². The van der Waals surface area contributed by atoms with E-state index in [1.54, 1.807) is 12.1 Å². The summed E-state index contributed by atoms with van der Waals surface area (Å²) in [6.45, 7) is 0.935. The summed E-state index contributed by atoms with van der Waals surface area (Å²) in [5, 5.41) is 16.0. The van der Waals surface area contributed by atoms with E-state index in [4.69, 9.17) is 0 Å². The lowest BCUT2D eigenvalue weighted by molar-refractivity contribution is -0.123. The Bertz CT molecular complexity index is 1160. The number of aromatic nitrogens is 1. The fourth-order valence-electron chi connectivity index (χ4n) is 4.93. The van der Waals surface area contributed by atoms with Crippen LogP contribution in [0.3, 0.4) is 0 Å². The molecule has 2 heterocycles. The average molecular weight is 443 g/mol. The van der Waals surface area contributed by atoms with Crippen molar-refractivity contribution in [3.05, 3.63) is 59.4 Å². The number of hydrogen-bond acceptors (Lipinski definition) is 3. The summed E-state index contributed by atoms with van der Waals surface area (Å²) in [5.41, 5.74) is 2.44. The van der Waals surface area contributed by atoms with Crippen LogP contribution in [0.15, 0.2) is 36.4 Å². The molecule has 1 saturated heterocycles. The predicted octanol–water partition coefficient (Wildman–Crippen LogP) is 3.58. The Hall–Kier alpha value is -2.84. The number of aliphatic hydroxyl groups is 1. The van der Waals surface area contributed by atoms with Gasteiger partial charge in [-0.25, -0.2) is 13.2 Å². The van der Waals surface area contributed by atoms with Crippen LogP contribution < -0.4 is 10.6 Å². The van der Waals surface area contributed by atoms with Gasteiger partial charge in [0.05, 0.1) is 23.4 Å². The molecule has 0 radical (unpaired) electrons. The number of rotatable bonds is 5. The zero-order valence-electron chi connectivity index (χ0n) is 17.3. The molecule has 1 aromatic heterocycles. The quantitative estimate of drug-likeness (QED) is 0.487. The third-order valence-electron chi connectivity index (χ3n) is 6.63. The molecule has 8 heteroatoms. The number of amides is 1. The lowest BCUT2D eigenvalue weighted by atomic mass is 9.70. The molecule has 0 bridgehead atoms. The molecule has 2 fully saturated rings. The molecular formula is C24H24F3N3O2. The second kappa shape index (κ2) is 8.26. The molecule has 5 nitrogen and oxygen atoms in total. The summed E-state index contributed by atoms with van der Waals surface area (Å²) in [7, 11) is 0. The van der Waals surface area contributed by atoms with Gasteiger partial charge in [-0.3, -0.25) is 4.79 Å². The SMILES string of the molecule is O=C(NCC1CC(c2c(-c3ccc(F)cc3)[nH]c3c(F)cc(F)cc23)C1)[C@@H]1C[C@H](O)CN1. The van der Waals surface area contributed by atoms with Crippen molar-refractivity contribution >= 4 is 16.8 Å². The zero-order valence-corrected chi connectivity index (χ0v) is 17.3. The van der Waals surface area contributed by atoms with Crippen LogP contribution in [0, 0.1) is 23.4 Å². The summed E-state index contributed by atoms with van der Waals surface area (Å²) in [5.74, 6) is -1.47. The second-order valence-electron chi connectivity index (χ2n) is 8.86. The molecule has 1 saturated carbocycles. The van der Waals surface area contributed by atoms with Crippen LogP contribution in [-0.4, -0.2) is 41.2 Å². The molecule has 168 valence electrons. The molecule has 1 aliphatic carbocycles. The first-order valence-electron chi connectivity index (χ1n) is 10.8. The number of β-amino-alcohol motifs (C(OH)–C–C–N with tert-alkyl or cyclic N) is 1. The van der Waals surface area contributed by atoms with Crippen molar-refractivity contribution in [2.45, 2.75) is 37.3 Å². The molecular weight excluding hydrogens is 419 g/mol. The van der Waals surface area contributed by atoms with Gasteiger partial charge in [-0.1, -0.05) is 0 Å². The Balaban J connectivity index is 1.35. The number of carbonyl (C=O) groups excluding carboxylic acids is 1. The van der Waals surface area contributed by atoms with E-state index in [2.05, 4.69) is 15.6 Å². The van der Waals surface area contributed by atoms with Crippen molar-refractivity contribution in [3.8, 4) is 11.3 Å². The molecule has 4 N–H and O–H groups in total. The van der Waals surface area contributed by atoms with E-state index in [1.807, 2.05) is 0 Å². The standard InChI is InChI=1S/C24H24F3N3O2/c25-15-3-1-13(2-4-15)22-21(18-7-16(26)8-19(27)23(18)30-22)14-5-12(6-14)10-29-24(32)20-9-17(31)11-28-20/h1-4,7-8,12,14,17,20,28,30-31H,5-6,9-11H2,(H,29,32)/t12?,14?,17-,20-/m0/s1. The van der Waals surface area contributed by atoms with Crippen LogP contribution in [-0.2, 0) is 4.79 Å². The number of hydrogen-bond donors (Lipinski definition) is 4. The van der Waals surface area contributed by atoms with Crippen molar-refractivity contribution in [1.82, 2.24) is 15.6 Å². The first kappa shape index (κ1) is 21.0. The Labute approximate surface area is 183 Å². The molecule has 3 aromatic rings. The van der Waals surface area contributed by atoms with Gasteiger partial charge >= 0.3 is 0 Å². The Morgan fingerprint density at radius 2 is 1.81 bits per heavy atom. The molecule has 2 aliphatic rings. The molecule has 0 spiro atoms. The topological polar surface area (TPSA) is 77.2 Å². The zero-order chi connectivity index (χ0) is 22.4. The maximum atomic E-state index is 14.5. The number of halogens is 3. The van der Waals surface area contributed by atoms with Gasteiger partial charge in [0.25, 0.3) is 0 Å². The van der Waals surface area contributed by atoms with Gasteiger partial charge in [-0.05, 0) is 72.6 Å². The van der Waals surface area contributed by atoms with Crippen LogP contribution >= 0.6 is 0 Å². The molecule has 5 rings (SSSR count). The second-order valence-corrected chi connectivity index (χ2v) is 8.86. The highest BCUT2D eigenvalue weighted by Gasteiger charge is 2.35. The number of aliphatic hydroxyl groups excluding tert-OH is 1. The van der Waals surface area contributed by atoms with Gasteiger partial charge < -0.3 is 20.7 Å². The minimum absolute atomic E-state index is 0.0679. The van der Waals surface area contributed by atoms with E-state index in [-0.39, 0.29) is 35.1 Å². The highest BCUT2D eigenvalue weighted by Crippen LogP contribution is 2.48. The molecule has 2 atom stereocenters. The molecule has 1 aliphatic heterocycles. The molecule has 2 aromatic carbocycles. The fourth-order valence-corrected chi connectivity index (χ4v) is 4.93. The third kappa shape index (κ3) is 3.89. The molecule has 0 unspecified atom stereocenters. The molecule has 32 heavy (non-hydrogen) atoms. The van der Waals surface area contributed by atoms with Gasteiger partial charge in [-0.2, -0.15) is 0 Å². The summed E-state index contributed by atoms with van der Waals surface area (Å²) < 4.78 is 41.9. The first-order chi connectivity index (χ1) is 15.4. The third-order valence-corrected chi connectivity index (χ3v) is 6.63. The van der Waals surface area contributed by atoms with E-state index < -0.39 is 17.7 Å². The normalized spacial score (nSPS) is 25.1. The summed E-state index contributed by atoms with van der Waals surface area (Å²) >= 11 is 0. The van der Waals surface area contributed by atoms with E-state index in [0.717, 1.165) is 24.5 Å². The number of aromatic amines is 1. The van der Waals surface area contributed by atoms with Gasteiger partial charge in [0, 0.05) is 24.5 Å². The van der Waals surface area contributed by atoms with Crippen molar-refractivity contribution in [1.29, 1.82) is 0 Å². The first-order valence-corrected chi connectivity index (χ1v) is 10.8. The lowest BCUT2D eigenvalue weighted by Crippen LogP contribution is -2.43. The minimum atomic E-state index is -0.663. The van der Waals surface area contributed by atoms with Crippen LogP contribution in [0.4, 0.5) is 13.2 Å². The Morgan fingerprint density at radius 1 is 1.06 bits per heavy atom. The van der Waals surface area contributed by atoms with Gasteiger partial charge in [0.1, 0.15) is 17.5 Å². The fraction of sp³-hybridized carbons (Fsp3) is 0.375. The number of nitrogens with one attached hydrogen (secondary N) is 3. The number of carbonyl (C=O) groups is 1. The van der Waals surface area contributed by atoms with E-state index >= 15 is 0 Å². The maximum absolute atomic E-state index is 14.5. The van der Waals surface area contributed by atoms with Gasteiger partial charge in [-0.15, -0.1) is 0 Å². The van der Waals surface area contributed by atoms with Crippen molar-refractivity contribution in [2.75, 3.05) is 13.1 Å². The highest BCUT2D eigenvalue weighted by molar-refractivity contribution is 5.92. The number of H-pyrrole nitrogens is 1. The van der Waals surface area contributed by atoms with Crippen LogP contribution in [0.1, 0.15) is 30.7 Å². The summed E-state index contributed by atoms with van der Waals surface area (Å²) in [6.07, 6.45) is 1.44. The van der Waals surface area contributed by atoms with Crippen molar-refractivity contribution in [3.63, 3.8) is 0 Å².